The van der Waals surface area contributed by atoms with Crippen molar-refractivity contribution < 1.29 is 5.11 Å². The molecule has 0 amide bonds. The van der Waals surface area contributed by atoms with Gasteiger partial charge >= 0.3 is 0 Å². The summed E-state index contributed by atoms with van der Waals surface area (Å²) in [7, 11) is 0. The van der Waals surface area contributed by atoms with Crippen molar-refractivity contribution in [3.05, 3.63) is 23.7 Å². The lowest BCUT2D eigenvalue weighted by molar-refractivity contribution is 0.178. The molecule has 2 heterocycles. The molecule has 0 aromatic carbocycles. The Bertz CT molecular complexity index is 525. The average molecular weight is 238 g/mol. The molecule has 3 rings (SSSR count). The maximum atomic E-state index is 9.55. The minimum absolute atomic E-state index is 0.181. The number of halogens is 1. The zero-order valence-electron chi connectivity index (χ0n) is 8.67. The van der Waals surface area contributed by atoms with Gasteiger partial charge in [0, 0.05) is 12.2 Å². The first-order valence-electron chi connectivity index (χ1n) is 5.41. The molecule has 2 atom stereocenters. The van der Waals surface area contributed by atoms with Crippen LogP contribution in [0.25, 0.3) is 11.0 Å². The number of aromatic nitrogens is 3. The lowest BCUT2D eigenvalue weighted by atomic mass is 10.2. The molecule has 5 heteroatoms. The van der Waals surface area contributed by atoms with Crippen LogP contribution in [0.2, 0.25) is 5.15 Å². The minimum Gasteiger partial charge on any atom is -0.393 e. The molecule has 0 bridgehead atoms. The Balaban J connectivity index is 2.08. The van der Waals surface area contributed by atoms with Crippen LogP contribution in [0.15, 0.2) is 18.6 Å². The van der Waals surface area contributed by atoms with E-state index < -0.39 is 0 Å². The molecule has 1 saturated carbocycles. The topological polar surface area (TPSA) is 50.9 Å². The van der Waals surface area contributed by atoms with Crippen molar-refractivity contribution in [3.8, 4) is 0 Å². The Morgan fingerprint density at radius 3 is 3.00 bits per heavy atom. The van der Waals surface area contributed by atoms with Gasteiger partial charge in [0.2, 0.25) is 0 Å². The van der Waals surface area contributed by atoms with Crippen LogP contribution in [-0.4, -0.2) is 25.7 Å². The molecule has 2 aromatic rings. The van der Waals surface area contributed by atoms with E-state index in [1.807, 2.05) is 12.3 Å². The van der Waals surface area contributed by atoms with Crippen LogP contribution in [0.4, 0.5) is 0 Å². The van der Waals surface area contributed by atoms with E-state index in [0.717, 1.165) is 30.3 Å². The highest BCUT2D eigenvalue weighted by Crippen LogP contribution is 2.33. The van der Waals surface area contributed by atoms with Crippen LogP contribution in [-0.2, 0) is 0 Å². The highest BCUT2D eigenvalue weighted by molar-refractivity contribution is 6.33. The predicted octanol–water partition coefficient (Wildman–Crippen LogP) is 2.17. The third-order valence-corrected chi connectivity index (χ3v) is 3.53. The predicted molar refractivity (Wildman–Crippen MR) is 61.4 cm³/mol. The fourth-order valence-electron chi connectivity index (χ4n) is 2.42. The quantitative estimate of drug-likeness (QED) is 0.774. The second-order valence-corrected chi connectivity index (χ2v) is 4.60. The van der Waals surface area contributed by atoms with Crippen LogP contribution in [0.5, 0.6) is 0 Å². The van der Waals surface area contributed by atoms with Crippen molar-refractivity contribution in [3.63, 3.8) is 0 Å². The van der Waals surface area contributed by atoms with E-state index in [4.69, 9.17) is 11.6 Å². The minimum atomic E-state index is -0.181. The smallest absolute Gasteiger partial charge is 0.145 e. The highest BCUT2D eigenvalue weighted by atomic mass is 35.5. The molecule has 0 unspecified atom stereocenters. The van der Waals surface area contributed by atoms with Gasteiger partial charge in [0.25, 0.3) is 0 Å². The SMILES string of the molecule is O[C@@H]1CC[C@H](n2ccc3c(Cl)ncnc32)C1. The second kappa shape index (κ2) is 3.71. The lowest BCUT2D eigenvalue weighted by Crippen LogP contribution is -2.06. The third kappa shape index (κ3) is 1.49. The Hall–Kier alpha value is -1.13. The van der Waals surface area contributed by atoms with Gasteiger partial charge in [-0.1, -0.05) is 11.6 Å². The van der Waals surface area contributed by atoms with E-state index in [9.17, 15) is 5.11 Å². The maximum Gasteiger partial charge on any atom is 0.145 e. The van der Waals surface area contributed by atoms with Crippen molar-refractivity contribution in [2.75, 3.05) is 0 Å². The number of hydrogen-bond donors (Lipinski definition) is 1. The lowest BCUT2D eigenvalue weighted by Gasteiger charge is -2.12. The van der Waals surface area contributed by atoms with E-state index in [1.54, 1.807) is 0 Å². The molecule has 1 fully saturated rings. The Kier molecular flexibility index (Phi) is 2.33. The largest absolute Gasteiger partial charge is 0.393 e. The van der Waals surface area contributed by atoms with E-state index in [0.29, 0.717) is 11.2 Å². The van der Waals surface area contributed by atoms with Crippen LogP contribution in [0.1, 0.15) is 25.3 Å². The first-order chi connectivity index (χ1) is 7.75. The summed E-state index contributed by atoms with van der Waals surface area (Å²) in [6, 6.07) is 2.26. The van der Waals surface area contributed by atoms with E-state index in [1.165, 1.54) is 6.33 Å². The van der Waals surface area contributed by atoms with Gasteiger partial charge in [-0.15, -0.1) is 0 Å². The molecular formula is C11H12ClN3O. The molecule has 1 aliphatic rings. The fraction of sp³-hybridized carbons (Fsp3) is 0.455. The van der Waals surface area contributed by atoms with Gasteiger partial charge in [-0.2, -0.15) is 0 Å². The Morgan fingerprint density at radius 2 is 2.25 bits per heavy atom. The monoisotopic (exact) mass is 237 g/mol. The second-order valence-electron chi connectivity index (χ2n) is 4.25. The number of aliphatic hydroxyl groups is 1. The molecule has 2 aromatic heterocycles. The van der Waals surface area contributed by atoms with E-state index >= 15 is 0 Å². The zero-order valence-corrected chi connectivity index (χ0v) is 9.43. The summed E-state index contributed by atoms with van der Waals surface area (Å²) in [5.74, 6) is 0. The summed E-state index contributed by atoms with van der Waals surface area (Å²) >= 11 is 5.99. The fourth-order valence-corrected chi connectivity index (χ4v) is 2.61. The van der Waals surface area contributed by atoms with Gasteiger partial charge in [-0.3, -0.25) is 0 Å². The number of rotatable bonds is 1. The van der Waals surface area contributed by atoms with Crippen LogP contribution in [0.3, 0.4) is 0 Å². The molecule has 0 spiro atoms. The summed E-state index contributed by atoms with van der Waals surface area (Å²) in [5, 5.41) is 10.9. The van der Waals surface area contributed by atoms with Gasteiger partial charge in [0.15, 0.2) is 0 Å². The summed E-state index contributed by atoms with van der Waals surface area (Å²) in [5.41, 5.74) is 0.860. The van der Waals surface area contributed by atoms with Crippen molar-refractivity contribution in [2.45, 2.75) is 31.4 Å². The first-order valence-corrected chi connectivity index (χ1v) is 5.78. The average Bonchev–Trinajstić information content (AvgIpc) is 2.84. The number of hydrogen-bond acceptors (Lipinski definition) is 3. The summed E-state index contributed by atoms with van der Waals surface area (Å²) < 4.78 is 2.10. The Labute approximate surface area is 97.9 Å². The summed E-state index contributed by atoms with van der Waals surface area (Å²) in [4.78, 5) is 8.21. The maximum absolute atomic E-state index is 9.55. The van der Waals surface area contributed by atoms with Gasteiger partial charge in [-0.05, 0) is 25.3 Å². The van der Waals surface area contributed by atoms with Crippen molar-refractivity contribution >= 4 is 22.6 Å². The van der Waals surface area contributed by atoms with Crippen LogP contribution >= 0.6 is 11.6 Å². The zero-order chi connectivity index (χ0) is 11.1. The van der Waals surface area contributed by atoms with Gasteiger partial charge < -0.3 is 9.67 Å². The van der Waals surface area contributed by atoms with E-state index in [2.05, 4.69) is 14.5 Å². The molecule has 0 saturated heterocycles. The number of fused-ring (bicyclic) bond motifs is 1. The van der Waals surface area contributed by atoms with Crippen molar-refractivity contribution in [1.29, 1.82) is 0 Å². The van der Waals surface area contributed by atoms with E-state index in [-0.39, 0.29) is 6.10 Å². The van der Waals surface area contributed by atoms with Crippen LogP contribution in [0, 0.1) is 0 Å². The molecule has 1 aliphatic carbocycles. The molecule has 84 valence electrons. The summed E-state index contributed by atoms with van der Waals surface area (Å²) in [6.45, 7) is 0. The molecule has 1 N–H and O–H groups in total. The Morgan fingerprint density at radius 1 is 1.38 bits per heavy atom. The molecule has 0 aliphatic heterocycles. The molecule has 0 radical (unpaired) electrons. The third-order valence-electron chi connectivity index (χ3n) is 3.23. The normalized spacial score (nSPS) is 25.4. The molecular weight excluding hydrogens is 226 g/mol. The standard InChI is InChI=1S/C11H12ClN3O/c12-10-9-3-4-15(11(9)14-6-13-10)7-1-2-8(16)5-7/h3-4,6-8,16H,1-2,5H2/t7-,8+/m0/s1. The van der Waals surface area contributed by atoms with Gasteiger partial charge in [-0.25, -0.2) is 9.97 Å². The van der Waals surface area contributed by atoms with Gasteiger partial charge in [0.1, 0.15) is 17.1 Å². The number of nitrogens with zero attached hydrogens (tertiary/aromatic N) is 3. The number of aliphatic hydroxyl groups excluding tert-OH is 1. The van der Waals surface area contributed by atoms with Crippen LogP contribution < -0.4 is 0 Å². The first kappa shape index (κ1) is 10.1. The van der Waals surface area contributed by atoms with Crippen molar-refractivity contribution in [2.24, 2.45) is 0 Å². The molecule has 4 nitrogen and oxygen atoms in total. The summed E-state index contributed by atoms with van der Waals surface area (Å²) in [6.07, 6.45) is 5.93. The highest BCUT2D eigenvalue weighted by Gasteiger charge is 2.25. The van der Waals surface area contributed by atoms with Gasteiger partial charge in [0.05, 0.1) is 11.5 Å². The molecule has 16 heavy (non-hydrogen) atoms. The van der Waals surface area contributed by atoms with Crippen molar-refractivity contribution in [1.82, 2.24) is 14.5 Å².